The number of rotatable bonds is 8. The predicted octanol–water partition coefficient (Wildman–Crippen LogP) is 1.79. The van der Waals surface area contributed by atoms with Gasteiger partial charge in [0.25, 0.3) is 0 Å². The smallest absolute Gasteiger partial charge is 0.240 e. The zero-order valence-electron chi connectivity index (χ0n) is 14.9. The molecule has 1 saturated heterocycles. The van der Waals surface area contributed by atoms with Gasteiger partial charge in [0.1, 0.15) is 18.1 Å². The number of nitrogens with zero attached hydrogens (tertiary/aromatic N) is 3. The molecule has 1 N–H and O–H groups in total. The molecule has 0 spiro atoms. The molecule has 1 aromatic heterocycles. The van der Waals surface area contributed by atoms with E-state index in [9.17, 15) is 4.79 Å². The second kappa shape index (κ2) is 9.51. The number of ether oxygens (including phenoxy) is 2. The number of anilines is 1. The van der Waals surface area contributed by atoms with E-state index in [-0.39, 0.29) is 5.91 Å². The van der Waals surface area contributed by atoms with Crippen molar-refractivity contribution in [2.24, 2.45) is 0 Å². The summed E-state index contributed by atoms with van der Waals surface area (Å²) in [7, 11) is 1.65. The average Bonchev–Trinajstić information content (AvgIpc) is 3.16. The van der Waals surface area contributed by atoms with E-state index >= 15 is 0 Å². The highest BCUT2D eigenvalue weighted by Crippen LogP contribution is 2.17. The van der Waals surface area contributed by atoms with Crippen molar-refractivity contribution in [1.29, 1.82) is 0 Å². The molecule has 0 saturated carbocycles. The van der Waals surface area contributed by atoms with E-state index in [1.54, 1.807) is 13.3 Å². The number of thiazole rings is 1. The van der Waals surface area contributed by atoms with Crippen molar-refractivity contribution in [2.75, 3.05) is 58.3 Å². The molecule has 1 fully saturated rings. The lowest BCUT2D eigenvalue weighted by Crippen LogP contribution is -2.49. The Morgan fingerprint density at radius 3 is 2.50 bits per heavy atom. The number of methoxy groups -OCH3 is 1. The van der Waals surface area contributed by atoms with E-state index in [0.717, 1.165) is 44.2 Å². The van der Waals surface area contributed by atoms with Crippen LogP contribution in [-0.4, -0.2) is 73.7 Å². The monoisotopic (exact) mass is 376 g/mol. The van der Waals surface area contributed by atoms with Crippen LogP contribution in [0, 0.1) is 0 Å². The molecule has 140 valence electrons. The molecule has 2 aromatic rings. The molecule has 0 bridgehead atoms. The Morgan fingerprint density at radius 2 is 1.85 bits per heavy atom. The van der Waals surface area contributed by atoms with Crippen LogP contribution in [0.4, 0.5) is 5.13 Å². The molecule has 0 aliphatic carbocycles. The number of carbonyl (C=O) groups is 1. The topological polar surface area (TPSA) is 66.9 Å². The van der Waals surface area contributed by atoms with Crippen LogP contribution in [0.2, 0.25) is 0 Å². The molecule has 7 nitrogen and oxygen atoms in total. The minimum Gasteiger partial charge on any atom is -0.497 e. The fourth-order valence-corrected chi connectivity index (χ4v) is 3.33. The Morgan fingerprint density at radius 1 is 1.15 bits per heavy atom. The van der Waals surface area contributed by atoms with Gasteiger partial charge in [-0.05, 0) is 24.3 Å². The first-order valence-corrected chi connectivity index (χ1v) is 9.52. The summed E-state index contributed by atoms with van der Waals surface area (Å²) < 4.78 is 10.9. The number of hydrogen-bond donors (Lipinski definition) is 1. The number of benzene rings is 1. The maximum atomic E-state index is 12.0. The summed E-state index contributed by atoms with van der Waals surface area (Å²) in [6.07, 6.45) is 1.69. The van der Waals surface area contributed by atoms with Gasteiger partial charge >= 0.3 is 0 Å². The van der Waals surface area contributed by atoms with Crippen molar-refractivity contribution in [3.63, 3.8) is 0 Å². The van der Waals surface area contributed by atoms with E-state index in [2.05, 4.69) is 20.1 Å². The highest BCUT2D eigenvalue weighted by atomic mass is 32.1. The third-order valence-corrected chi connectivity index (χ3v) is 4.94. The molecule has 1 aliphatic heterocycles. The third-order valence-electron chi connectivity index (χ3n) is 4.25. The molecule has 8 heteroatoms. The minimum absolute atomic E-state index is 0.00348. The summed E-state index contributed by atoms with van der Waals surface area (Å²) in [6.45, 7) is 5.59. The number of nitrogens with one attached hydrogen (secondary N) is 1. The van der Waals surface area contributed by atoms with Crippen LogP contribution in [0.3, 0.4) is 0 Å². The van der Waals surface area contributed by atoms with Gasteiger partial charge in [0.05, 0.1) is 13.7 Å². The van der Waals surface area contributed by atoms with Crippen LogP contribution in [-0.2, 0) is 4.79 Å². The standard InChI is InChI=1S/C18H24N4O3S/c1-24-15-2-4-16(5-3-15)25-12-11-21-7-9-22(10-8-21)14-17(23)20-18-19-6-13-26-18/h2-6,13H,7-12,14H2,1H3,(H,19,20,23). The van der Waals surface area contributed by atoms with Crippen molar-refractivity contribution in [2.45, 2.75) is 0 Å². The van der Waals surface area contributed by atoms with E-state index in [1.807, 2.05) is 29.6 Å². The first kappa shape index (κ1) is 18.6. The number of piperazine rings is 1. The summed E-state index contributed by atoms with van der Waals surface area (Å²) >= 11 is 1.43. The Balaban J connectivity index is 1.31. The highest BCUT2D eigenvalue weighted by molar-refractivity contribution is 7.13. The van der Waals surface area contributed by atoms with Gasteiger partial charge in [-0.3, -0.25) is 14.6 Å². The number of hydrogen-bond acceptors (Lipinski definition) is 7. The van der Waals surface area contributed by atoms with Crippen LogP contribution in [0.15, 0.2) is 35.8 Å². The lowest BCUT2D eigenvalue weighted by Gasteiger charge is -2.34. The Labute approximate surface area is 157 Å². The average molecular weight is 376 g/mol. The van der Waals surface area contributed by atoms with E-state index in [4.69, 9.17) is 9.47 Å². The van der Waals surface area contributed by atoms with Crippen molar-refractivity contribution < 1.29 is 14.3 Å². The van der Waals surface area contributed by atoms with E-state index in [1.165, 1.54) is 11.3 Å². The molecule has 0 unspecified atom stereocenters. The second-order valence-corrected chi connectivity index (χ2v) is 6.92. The van der Waals surface area contributed by atoms with E-state index in [0.29, 0.717) is 18.3 Å². The molecular weight excluding hydrogens is 352 g/mol. The van der Waals surface area contributed by atoms with Gasteiger partial charge in [-0.1, -0.05) is 0 Å². The Hall–Kier alpha value is -2.16. The summed E-state index contributed by atoms with van der Waals surface area (Å²) in [5.41, 5.74) is 0. The fourth-order valence-electron chi connectivity index (χ4n) is 2.78. The van der Waals surface area contributed by atoms with Gasteiger partial charge in [-0.2, -0.15) is 0 Å². The first-order chi connectivity index (χ1) is 12.7. The molecule has 3 rings (SSSR count). The van der Waals surface area contributed by atoms with Gasteiger partial charge in [0.15, 0.2) is 5.13 Å². The van der Waals surface area contributed by atoms with Gasteiger partial charge in [0, 0.05) is 44.3 Å². The summed E-state index contributed by atoms with van der Waals surface area (Å²) in [4.78, 5) is 20.6. The molecule has 2 heterocycles. The first-order valence-electron chi connectivity index (χ1n) is 8.64. The molecule has 0 atom stereocenters. The fraction of sp³-hybridized carbons (Fsp3) is 0.444. The Kier molecular flexibility index (Phi) is 6.82. The minimum atomic E-state index is -0.00348. The van der Waals surface area contributed by atoms with E-state index < -0.39 is 0 Å². The molecular formula is C18H24N4O3S. The van der Waals surface area contributed by atoms with Crippen molar-refractivity contribution in [1.82, 2.24) is 14.8 Å². The number of aromatic nitrogens is 1. The van der Waals surface area contributed by atoms with Gasteiger partial charge in [-0.25, -0.2) is 4.98 Å². The zero-order chi connectivity index (χ0) is 18.2. The molecule has 26 heavy (non-hydrogen) atoms. The van der Waals surface area contributed by atoms with Gasteiger partial charge in [-0.15, -0.1) is 11.3 Å². The van der Waals surface area contributed by atoms with Crippen LogP contribution in [0.25, 0.3) is 0 Å². The predicted molar refractivity (Wildman–Crippen MR) is 102 cm³/mol. The molecule has 0 radical (unpaired) electrons. The molecule has 1 amide bonds. The van der Waals surface area contributed by atoms with Gasteiger partial charge < -0.3 is 14.8 Å². The highest BCUT2D eigenvalue weighted by Gasteiger charge is 2.19. The lowest BCUT2D eigenvalue weighted by molar-refractivity contribution is -0.117. The molecule has 1 aromatic carbocycles. The van der Waals surface area contributed by atoms with Crippen LogP contribution in [0.5, 0.6) is 11.5 Å². The maximum absolute atomic E-state index is 12.0. The van der Waals surface area contributed by atoms with Crippen LogP contribution < -0.4 is 14.8 Å². The largest absolute Gasteiger partial charge is 0.497 e. The quantitative estimate of drug-likeness (QED) is 0.758. The number of carbonyl (C=O) groups excluding carboxylic acids is 1. The van der Waals surface area contributed by atoms with Crippen molar-refractivity contribution >= 4 is 22.4 Å². The summed E-state index contributed by atoms with van der Waals surface area (Å²) in [5.74, 6) is 1.67. The van der Waals surface area contributed by atoms with Crippen LogP contribution in [0.1, 0.15) is 0 Å². The number of amides is 1. The van der Waals surface area contributed by atoms with Crippen molar-refractivity contribution in [3.8, 4) is 11.5 Å². The second-order valence-electron chi connectivity index (χ2n) is 6.03. The zero-order valence-corrected chi connectivity index (χ0v) is 15.7. The normalized spacial score (nSPS) is 15.6. The summed E-state index contributed by atoms with van der Waals surface area (Å²) in [6, 6.07) is 7.62. The third kappa shape index (κ3) is 5.69. The van der Waals surface area contributed by atoms with Crippen LogP contribution >= 0.6 is 11.3 Å². The maximum Gasteiger partial charge on any atom is 0.240 e. The lowest BCUT2D eigenvalue weighted by atomic mass is 10.3. The SMILES string of the molecule is COc1ccc(OCCN2CCN(CC(=O)Nc3nccs3)CC2)cc1. The summed E-state index contributed by atoms with van der Waals surface area (Å²) in [5, 5.41) is 5.33. The van der Waals surface area contributed by atoms with Gasteiger partial charge in [0.2, 0.25) is 5.91 Å². The molecule has 1 aliphatic rings. The Bertz CT molecular complexity index is 670. The van der Waals surface area contributed by atoms with Crippen molar-refractivity contribution in [3.05, 3.63) is 35.8 Å².